The van der Waals surface area contributed by atoms with Crippen molar-refractivity contribution in [1.82, 2.24) is 4.98 Å². The predicted octanol–water partition coefficient (Wildman–Crippen LogP) is 5.10. The number of hydrogen-bond acceptors (Lipinski definition) is 2. The molecule has 3 heteroatoms. The molecule has 0 atom stereocenters. The molecule has 3 aromatic carbocycles. The van der Waals surface area contributed by atoms with Crippen molar-refractivity contribution in [2.75, 3.05) is 11.4 Å². The highest BCUT2D eigenvalue weighted by molar-refractivity contribution is 6.09. The SMILES string of the molecule is O=C(c1ccc2ccccc2c1)N1CCc2cc(-c3ccncc3)ccc21. The minimum atomic E-state index is 0.0659. The summed E-state index contributed by atoms with van der Waals surface area (Å²) in [7, 11) is 0. The number of fused-ring (bicyclic) bond motifs is 2. The molecule has 1 aromatic heterocycles. The standard InChI is InChI=1S/C24H18N2O/c27-24(22-6-5-17-3-1-2-4-19(17)16-22)26-14-11-21-15-20(7-8-23(21)26)18-9-12-25-13-10-18/h1-10,12-13,15-16H,11,14H2. The average Bonchev–Trinajstić information content (AvgIpc) is 3.16. The van der Waals surface area contributed by atoms with Crippen LogP contribution in [-0.2, 0) is 6.42 Å². The van der Waals surface area contributed by atoms with Crippen molar-refractivity contribution in [1.29, 1.82) is 0 Å². The molecule has 0 aliphatic carbocycles. The smallest absolute Gasteiger partial charge is 0.258 e. The second-order valence-corrected chi connectivity index (χ2v) is 6.85. The molecule has 27 heavy (non-hydrogen) atoms. The Balaban J connectivity index is 1.48. The molecule has 0 bridgehead atoms. The first-order chi connectivity index (χ1) is 13.3. The zero-order chi connectivity index (χ0) is 18.2. The van der Waals surface area contributed by atoms with Crippen LogP contribution in [0.25, 0.3) is 21.9 Å². The normalized spacial score (nSPS) is 13.0. The molecule has 4 aromatic rings. The summed E-state index contributed by atoms with van der Waals surface area (Å²) in [5.74, 6) is 0.0659. The van der Waals surface area contributed by atoms with Crippen LogP contribution in [0.4, 0.5) is 5.69 Å². The van der Waals surface area contributed by atoms with Gasteiger partial charge in [-0.15, -0.1) is 0 Å². The number of rotatable bonds is 2. The van der Waals surface area contributed by atoms with Crippen LogP contribution < -0.4 is 4.90 Å². The number of hydrogen-bond donors (Lipinski definition) is 0. The molecule has 1 aliphatic rings. The first-order valence-electron chi connectivity index (χ1n) is 9.13. The molecule has 5 rings (SSSR count). The third kappa shape index (κ3) is 2.77. The lowest BCUT2D eigenvalue weighted by Gasteiger charge is -2.18. The number of benzene rings is 3. The number of aromatic nitrogens is 1. The Bertz CT molecular complexity index is 1150. The summed E-state index contributed by atoms with van der Waals surface area (Å²) in [6.45, 7) is 0.723. The first kappa shape index (κ1) is 15.8. The molecule has 1 amide bonds. The second kappa shape index (κ2) is 6.36. The lowest BCUT2D eigenvalue weighted by atomic mass is 10.0. The van der Waals surface area contributed by atoms with Gasteiger partial charge in [-0.05, 0) is 70.3 Å². The summed E-state index contributed by atoms with van der Waals surface area (Å²) in [4.78, 5) is 19.1. The summed E-state index contributed by atoms with van der Waals surface area (Å²) >= 11 is 0. The molecule has 0 radical (unpaired) electrons. The van der Waals surface area contributed by atoms with E-state index in [1.165, 1.54) is 5.56 Å². The van der Waals surface area contributed by atoms with E-state index < -0.39 is 0 Å². The average molecular weight is 350 g/mol. The molecule has 0 spiro atoms. The topological polar surface area (TPSA) is 33.2 Å². The Morgan fingerprint density at radius 1 is 0.815 bits per heavy atom. The Morgan fingerprint density at radius 3 is 2.48 bits per heavy atom. The van der Waals surface area contributed by atoms with Gasteiger partial charge in [0.1, 0.15) is 0 Å². The van der Waals surface area contributed by atoms with E-state index in [2.05, 4.69) is 29.2 Å². The van der Waals surface area contributed by atoms with Gasteiger partial charge in [0.05, 0.1) is 0 Å². The van der Waals surface area contributed by atoms with E-state index in [1.807, 2.05) is 53.4 Å². The van der Waals surface area contributed by atoms with Gasteiger partial charge >= 0.3 is 0 Å². The van der Waals surface area contributed by atoms with Gasteiger partial charge in [-0.25, -0.2) is 0 Å². The van der Waals surface area contributed by atoms with Gasteiger partial charge in [-0.3, -0.25) is 9.78 Å². The predicted molar refractivity (Wildman–Crippen MR) is 109 cm³/mol. The minimum Gasteiger partial charge on any atom is -0.308 e. The molecule has 1 aliphatic heterocycles. The Hall–Kier alpha value is -3.46. The van der Waals surface area contributed by atoms with Gasteiger partial charge < -0.3 is 4.90 Å². The van der Waals surface area contributed by atoms with Crippen LogP contribution in [0.5, 0.6) is 0 Å². The summed E-state index contributed by atoms with van der Waals surface area (Å²) in [5, 5.41) is 2.24. The van der Waals surface area contributed by atoms with Crippen molar-refractivity contribution < 1.29 is 4.79 Å². The van der Waals surface area contributed by atoms with Gasteiger partial charge in [-0.2, -0.15) is 0 Å². The highest BCUT2D eigenvalue weighted by atomic mass is 16.2. The lowest BCUT2D eigenvalue weighted by Crippen LogP contribution is -2.28. The number of anilines is 1. The van der Waals surface area contributed by atoms with Gasteiger partial charge in [0, 0.05) is 30.2 Å². The molecule has 0 unspecified atom stereocenters. The van der Waals surface area contributed by atoms with Crippen LogP contribution in [0.2, 0.25) is 0 Å². The Kier molecular flexibility index (Phi) is 3.72. The number of nitrogens with zero attached hydrogens (tertiary/aromatic N) is 2. The number of carbonyl (C=O) groups is 1. The highest BCUT2D eigenvalue weighted by Crippen LogP contribution is 2.33. The number of amides is 1. The van der Waals surface area contributed by atoms with Crippen LogP contribution in [-0.4, -0.2) is 17.4 Å². The van der Waals surface area contributed by atoms with Gasteiger partial charge in [0.2, 0.25) is 0 Å². The quantitative estimate of drug-likeness (QED) is 0.504. The van der Waals surface area contributed by atoms with Crippen LogP contribution in [0, 0.1) is 0 Å². The fourth-order valence-corrected chi connectivity index (χ4v) is 3.81. The minimum absolute atomic E-state index is 0.0659. The third-order valence-electron chi connectivity index (χ3n) is 5.23. The summed E-state index contributed by atoms with van der Waals surface area (Å²) in [5.41, 5.74) is 5.28. The molecule has 2 heterocycles. The van der Waals surface area contributed by atoms with Crippen LogP contribution in [0.1, 0.15) is 15.9 Å². The first-order valence-corrected chi connectivity index (χ1v) is 9.13. The van der Waals surface area contributed by atoms with Crippen molar-refractivity contribution in [2.45, 2.75) is 6.42 Å². The lowest BCUT2D eigenvalue weighted by molar-refractivity contribution is 0.0989. The molecule has 0 N–H and O–H groups in total. The second-order valence-electron chi connectivity index (χ2n) is 6.85. The van der Waals surface area contributed by atoms with E-state index in [0.717, 1.165) is 46.1 Å². The zero-order valence-electron chi connectivity index (χ0n) is 14.8. The maximum Gasteiger partial charge on any atom is 0.258 e. The van der Waals surface area contributed by atoms with Crippen molar-refractivity contribution in [3.8, 4) is 11.1 Å². The summed E-state index contributed by atoms with van der Waals surface area (Å²) < 4.78 is 0. The van der Waals surface area contributed by atoms with Gasteiger partial charge in [-0.1, -0.05) is 36.4 Å². The maximum atomic E-state index is 13.1. The van der Waals surface area contributed by atoms with E-state index in [4.69, 9.17) is 0 Å². The van der Waals surface area contributed by atoms with E-state index in [9.17, 15) is 4.79 Å². The van der Waals surface area contributed by atoms with Crippen LogP contribution in [0.3, 0.4) is 0 Å². The fourth-order valence-electron chi connectivity index (χ4n) is 3.81. The molecular formula is C24H18N2O. The number of carbonyl (C=O) groups excluding carboxylic acids is 1. The molecular weight excluding hydrogens is 332 g/mol. The van der Waals surface area contributed by atoms with E-state index in [0.29, 0.717) is 0 Å². The fraction of sp³-hybridized carbons (Fsp3) is 0.0833. The largest absolute Gasteiger partial charge is 0.308 e. The van der Waals surface area contributed by atoms with Crippen molar-refractivity contribution in [2.24, 2.45) is 0 Å². The van der Waals surface area contributed by atoms with Crippen LogP contribution in [0.15, 0.2) is 85.2 Å². The molecule has 130 valence electrons. The van der Waals surface area contributed by atoms with Crippen molar-refractivity contribution >= 4 is 22.4 Å². The monoisotopic (exact) mass is 350 g/mol. The van der Waals surface area contributed by atoms with E-state index in [-0.39, 0.29) is 5.91 Å². The molecule has 0 saturated heterocycles. The molecule has 0 fully saturated rings. The van der Waals surface area contributed by atoms with Crippen LogP contribution >= 0.6 is 0 Å². The van der Waals surface area contributed by atoms with Gasteiger partial charge in [0.25, 0.3) is 5.91 Å². The van der Waals surface area contributed by atoms with Crippen molar-refractivity contribution in [3.05, 3.63) is 96.3 Å². The Labute approximate surface area is 157 Å². The summed E-state index contributed by atoms with van der Waals surface area (Å²) in [6, 6.07) is 24.4. The van der Waals surface area contributed by atoms with Gasteiger partial charge in [0.15, 0.2) is 0 Å². The summed E-state index contributed by atoms with van der Waals surface area (Å²) in [6.07, 6.45) is 4.49. The highest BCUT2D eigenvalue weighted by Gasteiger charge is 2.26. The third-order valence-corrected chi connectivity index (χ3v) is 5.23. The number of pyridine rings is 1. The molecule has 0 saturated carbocycles. The van der Waals surface area contributed by atoms with Crippen molar-refractivity contribution in [3.63, 3.8) is 0 Å². The van der Waals surface area contributed by atoms with E-state index >= 15 is 0 Å². The zero-order valence-corrected chi connectivity index (χ0v) is 14.8. The molecule has 3 nitrogen and oxygen atoms in total. The van der Waals surface area contributed by atoms with E-state index in [1.54, 1.807) is 12.4 Å². The Morgan fingerprint density at radius 2 is 1.63 bits per heavy atom. The maximum absolute atomic E-state index is 13.1.